The summed E-state index contributed by atoms with van der Waals surface area (Å²) in [5, 5.41) is 10.7. The van der Waals surface area contributed by atoms with Crippen molar-refractivity contribution in [2.45, 2.75) is 33.3 Å². The highest BCUT2D eigenvalue weighted by molar-refractivity contribution is 5.94. The lowest BCUT2D eigenvalue weighted by atomic mass is 10.1. The molecule has 0 saturated heterocycles. The van der Waals surface area contributed by atoms with Gasteiger partial charge in [0.25, 0.3) is 11.6 Å². The molecule has 0 spiro atoms. The van der Waals surface area contributed by atoms with Gasteiger partial charge in [0.15, 0.2) is 0 Å². The minimum atomic E-state index is -0.862. The van der Waals surface area contributed by atoms with E-state index < -0.39 is 27.8 Å². The first kappa shape index (κ1) is 15.0. The molecule has 0 radical (unpaired) electrons. The van der Waals surface area contributed by atoms with Crippen molar-refractivity contribution in [3.8, 4) is 0 Å². The summed E-state index contributed by atoms with van der Waals surface area (Å²) in [5.74, 6) is -1.67. The highest BCUT2D eigenvalue weighted by Gasteiger charge is 2.21. The number of benzene rings is 1. The number of hydrogen-bond acceptors (Lipinski definition) is 4. The maximum atomic E-state index is 13.8. The number of carbonyl (C=O) groups excluding carboxylic acids is 1. The molecule has 0 aliphatic rings. The Hall–Kier alpha value is -2.02. The van der Waals surface area contributed by atoms with Crippen molar-refractivity contribution >= 4 is 11.6 Å². The Morgan fingerprint density at radius 3 is 2.47 bits per heavy atom. The van der Waals surface area contributed by atoms with Crippen LogP contribution in [0.15, 0.2) is 12.1 Å². The minimum Gasteiger partial charge on any atom is -0.268 e. The lowest BCUT2D eigenvalue weighted by molar-refractivity contribution is -0.385. The monoisotopic (exact) mass is 270 g/mol. The molecule has 0 aliphatic heterocycles. The molecule has 0 aromatic heterocycles. The standard InChI is InChI=1S/C12H15FN2O4/c1-7-5-8(15(17)18)6-9(10(7)13)11(16)14-19-12(2,3)4/h5-6H,1-4H3,(H,14,16). The molecule has 0 aliphatic carbocycles. The number of carbonyl (C=O) groups is 1. The predicted molar refractivity (Wildman–Crippen MR) is 66.1 cm³/mol. The van der Waals surface area contributed by atoms with Gasteiger partial charge < -0.3 is 0 Å². The second kappa shape index (κ2) is 5.31. The van der Waals surface area contributed by atoms with E-state index in [2.05, 4.69) is 5.48 Å². The van der Waals surface area contributed by atoms with Crippen molar-refractivity contribution in [1.29, 1.82) is 0 Å². The Morgan fingerprint density at radius 1 is 1.42 bits per heavy atom. The first-order valence-corrected chi connectivity index (χ1v) is 5.54. The topological polar surface area (TPSA) is 81.5 Å². The van der Waals surface area contributed by atoms with Gasteiger partial charge >= 0.3 is 0 Å². The first-order valence-electron chi connectivity index (χ1n) is 5.54. The molecule has 1 aromatic rings. The zero-order valence-corrected chi connectivity index (χ0v) is 11.1. The lowest BCUT2D eigenvalue weighted by Crippen LogP contribution is -2.34. The third-order valence-corrected chi connectivity index (χ3v) is 2.14. The fourth-order valence-electron chi connectivity index (χ4n) is 1.28. The van der Waals surface area contributed by atoms with Gasteiger partial charge in [0.1, 0.15) is 5.82 Å². The summed E-state index contributed by atoms with van der Waals surface area (Å²) in [6, 6.07) is 1.94. The average molecular weight is 270 g/mol. The van der Waals surface area contributed by atoms with Gasteiger partial charge in [-0.05, 0) is 33.3 Å². The van der Waals surface area contributed by atoms with Crippen molar-refractivity contribution in [1.82, 2.24) is 5.48 Å². The number of nitrogens with zero attached hydrogens (tertiary/aromatic N) is 1. The molecule has 1 aromatic carbocycles. The summed E-state index contributed by atoms with van der Waals surface area (Å²) in [6.45, 7) is 6.44. The van der Waals surface area contributed by atoms with Crippen molar-refractivity contribution in [3.05, 3.63) is 39.2 Å². The number of non-ortho nitro benzene ring substituents is 1. The number of nitro benzene ring substituents is 1. The number of amides is 1. The van der Waals surface area contributed by atoms with Gasteiger partial charge in [-0.25, -0.2) is 9.87 Å². The number of aryl methyl sites for hydroxylation is 1. The molecule has 1 amide bonds. The number of nitro groups is 1. The molecule has 0 heterocycles. The van der Waals surface area contributed by atoms with Crippen molar-refractivity contribution < 1.29 is 18.9 Å². The van der Waals surface area contributed by atoms with Gasteiger partial charge in [0, 0.05) is 12.1 Å². The third kappa shape index (κ3) is 3.99. The quantitative estimate of drug-likeness (QED) is 0.675. The van der Waals surface area contributed by atoms with E-state index in [4.69, 9.17) is 4.84 Å². The average Bonchev–Trinajstić information content (AvgIpc) is 2.28. The second-order valence-corrected chi connectivity index (χ2v) is 5.03. The Bertz CT molecular complexity index is 523. The highest BCUT2D eigenvalue weighted by Crippen LogP contribution is 2.21. The Kier molecular flexibility index (Phi) is 4.21. The van der Waals surface area contributed by atoms with E-state index in [1.165, 1.54) is 6.92 Å². The fourth-order valence-corrected chi connectivity index (χ4v) is 1.28. The van der Waals surface area contributed by atoms with Crippen LogP contribution < -0.4 is 5.48 Å². The van der Waals surface area contributed by atoms with E-state index in [1.54, 1.807) is 20.8 Å². The van der Waals surface area contributed by atoms with E-state index in [0.29, 0.717) is 0 Å². The molecule has 7 heteroatoms. The number of hydroxylamine groups is 1. The van der Waals surface area contributed by atoms with Crippen molar-refractivity contribution in [2.24, 2.45) is 0 Å². The third-order valence-electron chi connectivity index (χ3n) is 2.14. The van der Waals surface area contributed by atoms with Crippen LogP contribution in [-0.2, 0) is 4.84 Å². The van der Waals surface area contributed by atoms with Gasteiger partial charge in [0.2, 0.25) is 0 Å². The molecular weight excluding hydrogens is 255 g/mol. The fraction of sp³-hybridized carbons (Fsp3) is 0.417. The zero-order valence-electron chi connectivity index (χ0n) is 11.1. The van der Waals surface area contributed by atoms with Gasteiger partial charge in [-0.2, -0.15) is 0 Å². The number of hydrogen-bond donors (Lipinski definition) is 1. The summed E-state index contributed by atoms with van der Waals surface area (Å²) in [5.41, 5.74) is 0.676. The molecule has 6 nitrogen and oxygen atoms in total. The Balaban J connectivity index is 3.05. The smallest absolute Gasteiger partial charge is 0.268 e. The largest absolute Gasteiger partial charge is 0.278 e. The van der Waals surface area contributed by atoms with E-state index >= 15 is 0 Å². The Morgan fingerprint density at radius 2 is 2.00 bits per heavy atom. The van der Waals surface area contributed by atoms with Crippen LogP contribution in [0, 0.1) is 22.9 Å². The molecule has 0 unspecified atom stereocenters. The summed E-state index contributed by atoms with van der Waals surface area (Å²) in [7, 11) is 0. The van der Waals surface area contributed by atoms with Crippen molar-refractivity contribution in [3.63, 3.8) is 0 Å². The van der Waals surface area contributed by atoms with Crippen LogP contribution in [0.5, 0.6) is 0 Å². The summed E-state index contributed by atoms with van der Waals surface area (Å²) < 4.78 is 13.8. The zero-order chi connectivity index (χ0) is 14.8. The second-order valence-electron chi connectivity index (χ2n) is 5.03. The Labute approximate surface area is 109 Å². The first-order chi connectivity index (χ1) is 8.61. The van der Waals surface area contributed by atoms with E-state index in [1.807, 2.05) is 0 Å². The normalized spacial score (nSPS) is 11.2. The van der Waals surface area contributed by atoms with Crippen LogP contribution in [0.2, 0.25) is 0 Å². The number of halogens is 1. The molecule has 0 atom stereocenters. The van der Waals surface area contributed by atoms with Crippen LogP contribution >= 0.6 is 0 Å². The predicted octanol–water partition coefficient (Wildman–Crippen LogP) is 2.50. The van der Waals surface area contributed by atoms with Gasteiger partial charge in [-0.3, -0.25) is 19.7 Å². The highest BCUT2D eigenvalue weighted by atomic mass is 19.1. The molecule has 19 heavy (non-hydrogen) atoms. The van der Waals surface area contributed by atoms with Gasteiger partial charge in [-0.15, -0.1) is 0 Å². The summed E-state index contributed by atoms with van der Waals surface area (Å²) in [6.07, 6.45) is 0. The molecule has 104 valence electrons. The number of rotatable bonds is 3. The van der Waals surface area contributed by atoms with Crippen LogP contribution in [0.1, 0.15) is 36.7 Å². The molecule has 1 rings (SSSR count). The van der Waals surface area contributed by atoms with E-state index in [9.17, 15) is 19.3 Å². The molecular formula is C12H15FN2O4. The minimum absolute atomic E-state index is 0.0232. The van der Waals surface area contributed by atoms with Crippen molar-refractivity contribution in [2.75, 3.05) is 0 Å². The van der Waals surface area contributed by atoms with Crippen LogP contribution in [0.25, 0.3) is 0 Å². The maximum absolute atomic E-state index is 13.8. The molecule has 1 N–H and O–H groups in total. The van der Waals surface area contributed by atoms with E-state index in [-0.39, 0.29) is 11.3 Å². The van der Waals surface area contributed by atoms with Crippen LogP contribution in [0.4, 0.5) is 10.1 Å². The van der Waals surface area contributed by atoms with Crippen LogP contribution in [0.3, 0.4) is 0 Å². The van der Waals surface area contributed by atoms with E-state index in [0.717, 1.165) is 12.1 Å². The lowest BCUT2D eigenvalue weighted by Gasteiger charge is -2.19. The molecule has 0 fully saturated rings. The maximum Gasteiger partial charge on any atom is 0.278 e. The summed E-state index contributed by atoms with van der Waals surface area (Å²) in [4.78, 5) is 26.7. The number of nitrogens with one attached hydrogen (secondary N) is 1. The molecule has 0 bridgehead atoms. The SMILES string of the molecule is Cc1cc([N+](=O)[O-])cc(C(=O)NOC(C)(C)C)c1F. The van der Waals surface area contributed by atoms with Crippen LogP contribution in [-0.4, -0.2) is 16.4 Å². The van der Waals surface area contributed by atoms with Gasteiger partial charge in [0.05, 0.1) is 16.1 Å². The summed E-state index contributed by atoms with van der Waals surface area (Å²) >= 11 is 0. The molecule has 0 saturated carbocycles. The van der Waals surface area contributed by atoms with Gasteiger partial charge in [-0.1, -0.05) is 0 Å².